The molecule has 4 rings (SSSR count). The summed E-state index contributed by atoms with van der Waals surface area (Å²) in [5.41, 5.74) is 6.99. The van der Waals surface area contributed by atoms with Gasteiger partial charge in [-0.05, 0) is 87.2 Å². The second kappa shape index (κ2) is 7.93. The minimum atomic E-state index is 0. The molecule has 0 N–H and O–H groups in total. The second-order valence-corrected chi connectivity index (χ2v) is 7.02. The Morgan fingerprint density at radius 3 is 1.55 bits per heavy atom. The Kier molecular flexibility index (Phi) is 6.47. The molecular formula is C20H26FTi+. The SMILES string of the molecule is C1=CC(CCC2C=CC3=C2CCCC3)C2=C1CCCC2.[F-].[Ti+2]. The van der Waals surface area contributed by atoms with Gasteiger partial charge >= 0.3 is 21.7 Å². The Balaban J connectivity index is 0.000000882. The summed E-state index contributed by atoms with van der Waals surface area (Å²) < 4.78 is 0. The minimum absolute atomic E-state index is 0. The van der Waals surface area contributed by atoms with Crippen molar-refractivity contribution < 1.29 is 26.4 Å². The quantitative estimate of drug-likeness (QED) is 0.697. The number of halogens is 1. The van der Waals surface area contributed by atoms with Gasteiger partial charge in [0.1, 0.15) is 0 Å². The minimum Gasteiger partial charge on any atom is -1.00 e. The zero-order chi connectivity index (χ0) is 13.4. The van der Waals surface area contributed by atoms with Gasteiger partial charge in [-0.2, -0.15) is 0 Å². The maximum absolute atomic E-state index is 2.50. The monoisotopic (exact) mass is 333 g/mol. The number of hydrogen-bond acceptors (Lipinski definition) is 0. The molecule has 0 bridgehead atoms. The molecule has 2 heteroatoms. The van der Waals surface area contributed by atoms with Crippen molar-refractivity contribution in [3.8, 4) is 0 Å². The van der Waals surface area contributed by atoms with E-state index in [0.717, 1.165) is 11.8 Å². The topological polar surface area (TPSA) is 0 Å². The van der Waals surface area contributed by atoms with Crippen LogP contribution in [0.4, 0.5) is 0 Å². The molecule has 2 atom stereocenters. The third-order valence-corrected chi connectivity index (χ3v) is 5.85. The predicted molar refractivity (Wildman–Crippen MR) is 85.5 cm³/mol. The second-order valence-electron chi connectivity index (χ2n) is 7.02. The number of rotatable bonds is 3. The van der Waals surface area contributed by atoms with E-state index < -0.39 is 0 Å². The van der Waals surface area contributed by atoms with E-state index in [4.69, 9.17) is 0 Å². The summed E-state index contributed by atoms with van der Waals surface area (Å²) in [6, 6.07) is 0. The van der Waals surface area contributed by atoms with Crippen molar-refractivity contribution in [2.24, 2.45) is 11.8 Å². The van der Waals surface area contributed by atoms with Crippen LogP contribution in [-0.2, 0) is 21.7 Å². The van der Waals surface area contributed by atoms with Gasteiger partial charge in [-0.1, -0.05) is 35.5 Å². The van der Waals surface area contributed by atoms with Gasteiger partial charge in [0.2, 0.25) is 0 Å². The van der Waals surface area contributed by atoms with Gasteiger partial charge in [0.25, 0.3) is 0 Å². The van der Waals surface area contributed by atoms with E-state index in [0.29, 0.717) is 0 Å². The average Bonchev–Trinajstić information content (AvgIpc) is 3.09. The standard InChI is InChI=1S/C20H26.FH.Ti/c1-3-7-19-15(5-1)9-11-17(19)13-14-18-12-10-16-6-2-4-8-20(16)18;;/h9-12,17-18H,1-8,13-14H2;1H;/q;;+2/p-1. The van der Waals surface area contributed by atoms with Gasteiger partial charge in [-0.15, -0.1) is 0 Å². The van der Waals surface area contributed by atoms with Gasteiger partial charge in [0.05, 0.1) is 0 Å². The van der Waals surface area contributed by atoms with Gasteiger partial charge < -0.3 is 4.70 Å². The summed E-state index contributed by atoms with van der Waals surface area (Å²) in [5.74, 6) is 1.57. The van der Waals surface area contributed by atoms with Crippen molar-refractivity contribution in [3.63, 3.8) is 0 Å². The fraction of sp³-hybridized carbons (Fsp3) is 0.600. The van der Waals surface area contributed by atoms with E-state index in [2.05, 4.69) is 24.3 Å². The van der Waals surface area contributed by atoms with Crippen LogP contribution in [0.3, 0.4) is 0 Å². The van der Waals surface area contributed by atoms with E-state index in [1.54, 1.807) is 22.3 Å². The molecule has 2 unspecified atom stereocenters. The zero-order valence-corrected chi connectivity index (χ0v) is 15.0. The molecule has 0 aromatic heterocycles. The van der Waals surface area contributed by atoms with Crippen molar-refractivity contribution >= 4 is 0 Å². The molecule has 0 aliphatic heterocycles. The van der Waals surface area contributed by atoms with Crippen LogP contribution < -0.4 is 4.70 Å². The molecule has 0 heterocycles. The number of hydrogen-bond donors (Lipinski definition) is 0. The van der Waals surface area contributed by atoms with Crippen LogP contribution >= 0.6 is 0 Å². The van der Waals surface area contributed by atoms with Crippen LogP contribution in [0.15, 0.2) is 46.6 Å². The fourth-order valence-electron chi connectivity index (χ4n) is 4.73. The first-order valence-electron chi connectivity index (χ1n) is 8.72. The Hall–Kier alpha value is -0.396. The third kappa shape index (κ3) is 3.41. The van der Waals surface area contributed by atoms with Crippen LogP contribution in [0, 0.1) is 11.8 Å². The molecule has 4 aliphatic carbocycles. The van der Waals surface area contributed by atoms with E-state index in [-0.39, 0.29) is 26.4 Å². The summed E-state index contributed by atoms with van der Waals surface area (Å²) in [6.07, 6.45) is 23.8. The largest absolute Gasteiger partial charge is 2.00 e. The maximum atomic E-state index is 2.50. The smallest absolute Gasteiger partial charge is 1.00 e. The molecule has 0 aromatic rings. The molecular weight excluding hydrogens is 307 g/mol. The summed E-state index contributed by atoms with van der Waals surface area (Å²) in [4.78, 5) is 0. The van der Waals surface area contributed by atoms with Gasteiger partial charge in [-0.3, -0.25) is 0 Å². The van der Waals surface area contributed by atoms with Crippen LogP contribution in [0.1, 0.15) is 64.2 Å². The Morgan fingerprint density at radius 1 is 0.682 bits per heavy atom. The van der Waals surface area contributed by atoms with Crippen molar-refractivity contribution in [1.82, 2.24) is 0 Å². The molecule has 4 aliphatic rings. The first kappa shape index (κ1) is 18.0. The van der Waals surface area contributed by atoms with E-state index in [1.807, 2.05) is 0 Å². The zero-order valence-electron chi connectivity index (χ0n) is 13.4. The van der Waals surface area contributed by atoms with Crippen molar-refractivity contribution in [3.05, 3.63) is 46.6 Å². The molecule has 0 saturated heterocycles. The normalized spacial score (nSPS) is 29.1. The molecule has 116 valence electrons. The van der Waals surface area contributed by atoms with E-state index in [9.17, 15) is 0 Å². The van der Waals surface area contributed by atoms with Crippen molar-refractivity contribution in [2.45, 2.75) is 64.2 Å². The van der Waals surface area contributed by atoms with Crippen LogP contribution in [0.2, 0.25) is 0 Å². The molecule has 0 amide bonds. The molecule has 0 aromatic carbocycles. The molecule has 0 nitrogen and oxygen atoms in total. The maximum Gasteiger partial charge on any atom is 2.00 e. The van der Waals surface area contributed by atoms with Crippen molar-refractivity contribution in [2.75, 3.05) is 0 Å². The summed E-state index contributed by atoms with van der Waals surface area (Å²) in [5, 5.41) is 0. The Morgan fingerprint density at radius 2 is 1.09 bits per heavy atom. The Labute approximate surface area is 149 Å². The molecule has 0 fully saturated rings. The van der Waals surface area contributed by atoms with Gasteiger partial charge in [-0.25, -0.2) is 0 Å². The molecule has 0 radical (unpaired) electrons. The van der Waals surface area contributed by atoms with Crippen LogP contribution in [-0.4, -0.2) is 0 Å². The third-order valence-electron chi connectivity index (χ3n) is 5.85. The molecule has 0 spiro atoms. The first-order chi connectivity index (χ1) is 9.92. The Bertz CT molecular complexity index is 476. The van der Waals surface area contributed by atoms with Crippen LogP contribution in [0.5, 0.6) is 0 Å². The van der Waals surface area contributed by atoms with E-state index >= 15 is 0 Å². The first-order valence-corrected chi connectivity index (χ1v) is 8.72. The van der Waals surface area contributed by atoms with Crippen LogP contribution in [0.25, 0.3) is 0 Å². The summed E-state index contributed by atoms with van der Waals surface area (Å²) in [6.45, 7) is 0. The number of allylic oxidation sites excluding steroid dienone is 8. The summed E-state index contributed by atoms with van der Waals surface area (Å²) >= 11 is 0. The average molecular weight is 333 g/mol. The predicted octanol–water partition coefficient (Wildman–Crippen LogP) is 2.88. The molecule has 22 heavy (non-hydrogen) atoms. The summed E-state index contributed by atoms with van der Waals surface area (Å²) in [7, 11) is 0. The van der Waals surface area contributed by atoms with Gasteiger partial charge in [0, 0.05) is 0 Å². The van der Waals surface area contributed by atoms with E-state index in [1.165, 1.54) is 64.2 Å². The van der Waals surface area contributed by atoms with Gasteiger partial charge in [0.15, 0.2) is 0 Å². The van der Waals surface area contributed by atoms with Crippen molar-refractivity contribution in [1.29, 1.82) is 0 Å². The fourth-order valence-corrected chi connectivity index (χ4v) is 4.73. The molecule has 0 saturated carbocycles.